The van der Waals surface area contributed by atoms with E-state index in [1.165, 1.54) is 0 Å². The van der Waals surface area contributed by atoms with Gasteiger partial charge in [0.2, 0.25) is 21.8 Å². The van der Waals surface area contributed by atoms with Gasteiger partial charge in [0.15, 0.2) is 5.78 Å². The minimum absolute atomic E-state index is 0. The second-order valence-electron chi connectivity index (χ2n) is 17.5. The molecule has 1 spiro atoms. The fourth-order valence-corrected chi connectivity index (χ4v) is 11.1. The van der Waals surface area contributed by atoms with E-state index < -0.39 is 43.7 Å². The fourth-order valence-electron chi connectivity index (χ4n) is 9.58. The second-order valence-corrected chi connectivity index (χ2v) is 20.1. The number of sulfonamides is 1. The molecule has 13 heteroatoms. The quantitative estimate of drug-likeness (QED) is 0.232. The zero-order valence-corrected chi connectivity index (χ0v) is 33.4. The highest BCUT2D eigenvalue weighted by Crippen LogP contribution is 2.58. The van der Waals surface area contributed by atoms with Crippen LogP contribution in [0.5, 0.6) is 5.75 Å². The summed E-state index contributed by atoms with van der Waals surface area (Å²) in [7, 11) is -3.93. The van der Waals surface area contributed by atoms with Crippen molar-refractivity contribution in [1.82, 2.24) is 14.6 Å². The lowest BCUT2D eigenvalue weighted by Gasteiger charge is -2.36. The molecule has 6 aliphatic rings. The zero-order valence-electron chi connectivity index (χ0n) is 31.9. The van der Waals surface area contributed by atoms with Gasteiger partial charge in [0.05, 0.1) is 40.4 Å². The largest absolute Gasteiger partial charge is 0.483 e. The van der Waals surface area contributed by atoms with E-state index in [0.29, 0.717) is 55.0 Å². The molecule has 3 saturated carbocycles. The molecular weight excluding hydrogens is 754 g/mol. The number of nitrogens with one attached hydrogen (secondary N) is 1. The minimum Gasteiger partial charge on any atom is -0.483 e. The van der Waals surface area contributed by atoms with Gasteiger partial charge in [0, 0.05) is 34.7 Å². The van der Waals surface area contributed by atoms with E-state index >= 15 is 0 Å². The summed E-state index contributed by atoms with van der Waals surface area (Å²) in [5.74, 6) is -1.98. The van der Waals surface area contributed by atoms with E-state index in [1.807, 2.05) is 37.3 Å². The summed E-state index contributed by atoms with van der Waals surface area (Å²) in [6, 6.07) is 4.66. The molecule has 2 amide bonds. The number of aromatic nitrogens is 1. The number of carbonyl (C=O) groups is 4. The summed E-state index contributed by atoms with van der Waals surface area (Å²) in [6.45, 7) is 3.66. The van der Waals surface area contributed by atoms with Gasteiger partial charge in [-0.05, 0) is 115 Å². The molecular formula is C43H56ClN3O8S. The molecule has 0 bridgehead atoms. The average Bonchev–Trinajstić information content (AvgIpc) is 3.94. The molecule has 2 aromatic rings. The van der Waals surface area contributed by atoms with Gasteiger partial charge in [-0.2, -0.15) is 0 Å². The van der Waals surface area contributed by atoms with Crippen molar-refractivity contribution in [3.8, 4) is 5.75 Å². The molecule has 11 nitrogen and oxygen atoms in total. The summed E-state index contributed by atoms with van der Waals surface area (Å²) in [5, 5.41) is 1.49. The van der Waals surface area contributed by atoms with Gasteiger partial charge in [-0.1, -0.05) is 44.0 Å². The smallest absolute Gasteiger partial charge is 0.306 e. The van der Waals surface area contributed by atoms with Crippen molar-refractivity contribution in [3.05, 3.63) is 46.6 Å². The number of ether oxygens (including phenoxy) is 2. The zero-order chi connectivity index (χ0) is 38.8. The van der Waals surface area contributed by atoms with Crippen LogP contribution in [-0.4, -0.2) is 70.9 Å². The molecule has 8 rings (SSSR count). The normalized spacial score (nSPS) is 30.8. The van der Waals surface area contributed by atoms with Crippen molar-refractivity contribution in [2.45, 2.75) is 153 Å². The highest BCUT2D eigenvalue weighted by Gasteiger charge is 2.63. The number of allylic oxidation sites excluding steroid dienone is 2. The number of carbonyl (C=O) groups excluding carboxylic acids is 4. The summed E-state index contributed by atoms with van der Waals surface area (Å²) in [5.41, 5.74) is 0.349. The third kappa shape index (κ3) is 7.73. The van der Waals surface area contributed by atoms with Gasteiger partial charge < -0.3 is 14.4 Å². The van der Waals surface area contributed by atoms with E-state index in [2.05, 4.69) is 4.72 Å². The molecule has 3 aliphatic heterocycles. The monoisotopic (exact) mass is 809 g/mol. The van der Waals surface area contributed by atoms with Gasteiger partial charge in [-0.3, -0.25) is 23.9 Å². The Hall–Kier alpha value is -3.51. The van der Waals surface area contributed by atoms with Crippen molar-refractivity contribution >= 4 is 56.1 Å². The number of aryl methyl sites for hydroxylation is 2. The predicted octanol–water partition coefficient (Wildman–Crippen LogP) is 7.47. The van der Waals surface area contributed by atoms with Crippen LogP contribution < -0.4 is 9.46 Å². The van der Waals surface area contributed by atoms with Crippen molar-refractivity contribution in [3.63, 3.8) is 0 Å². The number of hydrogen-bond donors (Lipinski definition) is 1. The molecule has 1 saturated heterocycles. The first-order chi connectivity index (χ1) is 26.2. The van der Waals surface area contributed by atoms with Crippen LogP contribution in [-0.2, 0) is 40.4 Å². The molecule has 4 fully saturated rings. The number of esters is 1. The number of rotatable bonds is 6. The fraction of sp³-hybridized carbons (Fsp3) is 0.651. The standard InChI is InChI=1S/C42H52ClN3O8S.CH4/c1-26-37-31(32-21-29(43)14-15-33(32)44-26)16-17-41(54-37)23-34-35(47)24-42(39(50)45-55(51,52)40(2)18-19-40)22-28(42)11-7-5-3-4-6-10-27(38(49)46(34)25-41)20-36(48)53-30-12-8-9-13-30;/h7,11,14-15,21,27-28,30,34H,3-6,8-10,12-13,16-20,22-25H2,1-2H3,(H,45,50);1H4/b11-7-;/t27-,28-,34+,41-,42-;/m1./s1. The number of ketones is 1. The van der Waals surface area contributed by atoms with Crippen LogP contribution in [0.15, 0.2) is 30.4 Å². The van der Waals surface area contributed by atoms with Gasteiger partial charge >= 0.3 is 5.97 Å². The Bertz CT molecular complexity index is 2060. The summed E-state index contributed by atoms with van der Waals surface area (Å²) in [6.07, 6.45) is 13.6. The Morgan fingerprint density at radius 2 is 1.80 bits per heavy atom. The lowest BCUT2D eigenvalue weighted by Crippen LogP contribution is -2.48. The number of hydrogen-bond acceptors (Lipinski definition) is 9. The van der Waals surface area contributed by atoms with Crippen molar-refractivity contribution in [2.75, 3.05) is 6.54 Å². The molecule has 3 aliphatic carbocycles. The number of Topliss-reactive ketones (excluding diaryl/α,β-unsaturated/α-hetero) is 1. The van der Waals surface area contributed by atoms with E-state index in [0.717, 1.165) is 67.8 Å². The topological polar surface area (TPSA) is 149 Å². The van der Waals surface area contributed by atoms with Crippen molar-refractivity contribution in [2.24, 2.45) is 17.3 Å². The molecule has 0 unspecified atom stereocenters. The lowest BCUT2D eigenvalue weighted by molar-refractivity contribution is -0.154. The maximum absolute atomic E-state index is 14.9. The number of halogens is 1. The van der Waals surface area contributed by atoms with Crippen LogP contribution >= 0.6 is 11.6 Å². The van der Waals surface area contributed by atoms with Crippen LogP contribution in [0.25, 0.3) is 10.9 Å². The Morgan fingerprint density at radius 1 is 1.05 bits per heavy atom. The SMILES string of the molecule is C.Cc1nc2ccc(Cl)cc2c2c1O[C@]1(CC2)C[C@H]2C(=O)C[C@]3(C(=O)NS(=O)(=O)C4(C)CC4)C[C@H]3/C=C\CCCCC[C@H](CC(=O)OC3CCCC3)C(=O)N2C1. The first kappa shape index (κ1) is 40.7. The number of amides is 2. The summed E-state index contributed by atoms with van der Waals surface area (Å²) < 4.78 is 40.6. The third-order valence-corrected chi connectivity index (χ3v) is 15.8. The Kier molecular flexibility index (Phi) is 11.1. The van der Waals surface area contributed by atoms with Crippen LogP contribution in [0.4, 0.5) is 0 Å². The van der Waals surface area contributed by atoms with Crippen LogP contribution in [0.1, 0.15) is 128 Å². The van der Waals surface area contributed by atoms with Crippen molar-refractivity contribution in [1.29, 1.82) is 0 Å². The number of fused-ring (bicyclic) bond motifs is 5. The molecule has 4 heterocycles. The molecule has 1 aromatic heterocycles. The van der Waals surface area contributed by atoms with Gasteiger partial charge in [-0.15, -0.1) is 0 Å². The van der Waals surface area contributed by atoms with Gasteiger partial charge in [-0.25, -0.2) is 13.4 Å². The molecule has 1 N–H and O–H groups in total. The highest BCUT2D eigenvalue weighted by atomic mass is 35.5. The Labute approximate surface area is 335 Å². The summed E-state index contributed by atoms with van der Waals surface area (Å²) >= 11 is 6.40. The predicted molar refractivity (Wildman–Crippen MR) is 214 cm³/mol. The maximum Gasteiger partial charge on any atom is 0.306 e. The van der Waals surface area contributed by atoms with Gasteiger partial charge in [0.1, 0.15) is 17.5 Å². The van der Waals surface area contributed by atoms with Crippen molar-refractivity contribution < 1.29 is 37.1 Å². The molecule has 1 aromatic carbocycles. The van der Waals surface area contributed by atoms with E-state index in [-0.39, 0.29) is 62.9 Å². The molecule has 5 atom stereocenters. The summed E-state index contributed by atoms with van der Waals surface area (Å²) in [4.78, 5) is 63.4. The van der Waals surface area contributed by atoms with E-state index in [4.69, 9.17) is 26.1 Å². The molecule has 56 heavy (non-hydrogen) atoms. The van der Waals surface area contributed by atoms with E-state index in [9.17, 15) is 27.6 Å². The molecule has 0 radical (unpaired) electrons. The van der Waals surface area contributed by atoms with Crippen LogP contribution in [0.3, 0.4) is 0 Å². The maximum atomic E-state index is 14.9. The number of pyridine rings is 1. The molecule has 304 valence electrons. The van der Waals surface area contributed by atoms with E-state index in [1.54, 1.807) is 11.8 Å². The van der Waals surface area contributed by atoms with Crippen LogP contribution in [0, 0.1) is 24.2 Å². The second kappa shape index (κ2) is 15.3. The Balaban J connectivity index is 0.00000480. The van der Waals surface area contributed by atoms with Crippen LogP contribution in [0.2, 0.25) is 5.02 Å². The van der Waals surface area contributed by atoms with Gasteiger partial charge in [0.25, 0.3) is 0 Å². The third-order valence-electron chi connectivity index (χ3n) is 13.4. The number of nitrogens with zero attached hydrogens (tertiary/aromatic N) is 2. The lowest BCUT2D eigenvalue weighted by atomic mass is 9.85. The first-order valence-electron chi connectivity index (χ1n) is 20.3. The number of benzene rings is 1. The first-order valence-corrected chi connectivity index (χ1v) is 22.1. The highest BCUT2D eigenvalue weighted by molar-refractivity contribution is 7.91. The average molecular weight is 810 g/mol. The Morgan fingerprint density at radius 3 is 2.55 bits per heavy atom. The minimum atomic E-state index is -3.93.